The number of Topliss-reactive ketones (excluding diaryl/α,β-unsaturated/α-hetero) is 1. The van der Waals surface area contributed by atoms with Crippen molar-refractivity contribution in [3.8, 4) is 6.07 Å². The number of carbonyl (C=O) groups is 1. The number of aromatic nitrogens is 14. The summed E-state index contributed by atoms with van der Waals surface area (Å²) in [5.74, 6) is 10.5. The van der Waals surface area contributed by atoms with Gasteiger partial charge in [0, 0.05) is 100 Å². The minimum absolute atomic E-state index is 0. The highest BCUT2D eigenvalue weighted by Crippen LogP contribution is 2.40. The van der Waals surface area contributed by atoms with E-state index in [9.17, 15) is 17.4 Å². The maximum absolute atomic E-state index is 11.6. The van der Waals surface area contributed by atoms with Crippen LogP contribution in [0.2, 0.25) is 0 Å². The second-order valence-corrected chi connectivity index (χ2v) is 48.3. The fraction of sp³-hybridized carbons (Fsp3) is 0.670. The first kappa shape index (κ1) is 121. The van der Waals surface area contributed by atoms with Crippen LogP contribution in [0, 0.1) is 65.7 Å². The molecule has 0 amide bonds. The molecule has 1 aliphatic carbocycles. The monoisotopic (exact) mass is 1850 g/mol. The van der Waals surface area contributed by atoms with E-state index in [1.807, 2.05) is 40.7 Å². The molecule has 0 radical (unpaired) electrons. The van der Waals surface area contributed by atoms with Gasteiger partial charge in [-0.15, -0.1) is 0 Å². The molecule has 0 bridgehead atoms. The van der Waals surface area contributed by atoms with Crippen LogP contribution in [0.4, 0.5) is 5.95 Å². The molecule has 2 N–H and O–H groups in total. The summed E-state index contributed by atoms with van der Waals surface area (Å²) < 4.78 is 39.5. The molecule has 1 atom stereocenters. The van der Waals surface area contributed by atoms with Crippen molar-refractivity contribution in [1.29, 1.82) is 5.26 Å². The number of ketones is 1. The largest absolute Gasteiger partial charge is 0.302 e. The number of hydrogen-bond donors (Lipinski definition) is 2. The van der Waals surface area contributed by atoms with Crippen molar-refractivity contribution in [2.45, 2.75) is 425 Å². The minimum atomic E-state index is -3.36. The molecule has 1 aliphatic heterocycles. The Morgan fingerprint density at radius 2 is 0.863 bits per heavy atom. The minimum Gasteiger partial charge on any atom is -0.302 e. The average molecular weight is 1850 g/mol. The van der Waals surface area contributed by atoms with Gasteiger partial charge in [0.25, 0.3) is 0 Å². The summed E-state index contributed by atoms with van der Waals surface area (Å²) in [6, 6.07) is 8.54. The molecule has 1 unspecified atom stereocenters. The summed E-state index contributed by atoms with van der Waals surface area (Å²) in [5, 5.41) is 10.1. The standard InChI is InChI=1S/C17H29N3.C16H27N3.C15H27N3OS.C15H20N2.C14H22N2O.C13H23N3O2S.C13H19N3.3CH4/c1-12(2)15-13(3)18-14(11-20-9-7-8-10-20)19-16(15)17(4,5)6;1-11-13(9-12-7-8-12)15(16(2,3)4)18-14(17-11)10-19(5)6;1-10(2)13-11(3)17-12(9-16-20(7,8)19)18-14(13)15(4,5)6;1-6-11-7-8-12-13(9-11)16-10(2)17-14(12)15(3,4)5;1-8(2)11-9(3)15-13(10(4)17)16-12(11)14(5,6)7;1-8(2)10-9(3)14-12(16-19(7,17)18)15-11(10)13(4,5)6;1-8(2)11-9(3)15-10(7-14)16-12(11)13(4,5)6;;;/h12H,7-11H2,1-6H3;12H,7-10H2,1-6H3;10H,7,9H2,1-6,8H3,(H,16,19);7-9H,6H2,1-5H3;8H,1-7H3;8H,1-7H3,(H,14,15,16);8H,1-6H3;3*1H4. The highest BCUT2D eigenvalue weighted by Gasteiger charge is 2.33. The zero-order valence-electron chi connectivity index (χ0n) is 87.7. The lowest BCUT2D eigenvalue weighted by Crippen LogP contribution is -2.25. The molecule has 734 valence electrons. The van der Waals surface area contributed by atoms with Gasteiger partial charge in [-0.05, 0) is 201 Å². The molecule has 7 aromatic heterocycles. The first-order valence-corrected chi connectivity index (χ1v) is 50.1. The average Bonchev–Trinajstić information content (AvgIpc) is 1.40. The summed E-state index contributed by atoms with van der Waals surface area (Å²) in [6.07, 6.45) is 10.3. The van der Waals surface area contributed by atoms with Crippen LogP contribution in [0.5, 0.6) is 0 Å². The lowest BCUT2D eigenvalue weighted by molar-refractivity contribution is 0.100. The smallest absolute Gasteiger partial charge is 0.237 e. The Bertz CT molecular complexity index is 5370. The van der Waals surface area contributed by atoms with Crippen molar-refractivity contribution in [2.75, 3.05) is 44.4 Å². The molecule has 0 spiro atoms. The lowest BCUT2D eigenvalue weighted by atomic mass is 9.84. The summed E-state index contributed by atoms with van der Waals surface area (Å²) in [5.41, 5.74) is 23.3. The van der Waals surface area contributed by atoms with Crippen molar-refractivity contribution < 1.29 is 17.4 Å². The Morgan fingerprint density at radius 1 is 0.489 bits per heavy atom. The van der Waals surface area contributed by atoms with E-state index in [4.69, 9.17) is 30.2 Å². The molecular weight excluding hydrogens is 1670 g/mol. The van der Waals surface area contributed by atoms with Gasteiger partial charge in [-0.3, -0.25) is 18.6 Å². The first-order chi connectivity index (χ1) is 58.2. The zero-order chi connectivity index (χ0) is 98.4. The maximum atomic E-state index is 11.6. The number of benzene rings is 1. The second kappa shape index (κ2) is 48.9. The molecule has 25 heteroatoms. The molecule has 1 saturated carbocycles. The highest BCUT2D eigenvalue weighted by atomic mass is 32.2. The van der Waals surface area contributed by atoms with Gasteiger partial charge in [0.2, 0.25) is 21.8 Å². The third kappa shape index (κ3) is 37.6. The molecule has 131 heavy (non-hydrogen) atoms. The number of nitriles is 1. The summed E-state index contributed by atoms with van der Waals surface area (Å²) >= 11 is 0. The number of aryl methyl sites for hydroxylation is 8. The number of rotatable bonds is 18. The van der Waals surface area contributed by atoms with E-state index in [1.165, 1.54) is 108 Å². The van der Waals surface area contributed by atoms with Gasteiger partial charge in [-0.1, -0.05) is 256 Å². The normalized spacial score (nSPS) is 13.7. The number of hydrogen-bond acceptors (Lipinski definition) is 21. The molecule has 8 heterocycles. The second-order valence-electron chi connectivity index (χ2n) is 44.3. The van der Waals surface area contributed by atoms with E-state index in [-0.39, 0.29) is 77.7 Å². The third-order valence-electron chi connectivity index (χ3n) is 21.6. The van der Waals surface area contributed by atoms with E-state index >= 15 is 0 Å². The van der Waals surface area contributed by atoms with Crippen LogP contribution >= 0.6 is 0 Å². The number of carbonyl (C=O) groups excluding carboxylic acids is 1. The number of nitrogens with one attached hydrogen (secondary N) is 2. The predicted octanol–water partition coefficient (Wildman–Crippen LogP) is 24.2. The number of fused-ring (bicyclic) bond motifs is 1. The molecule has 23 nitrogen and oxygen atoms in total. The molecule has 10 rings (SSSR count). The van der Waals surface area contributed by atoms with Gasteiger partial charge in [0.15, 0.2) is 11.6 Å². The Kier molecular flexibility index (Phi) is 45.1. The predicted molar refractivity (Wildman–Crippen MR) is 555 cm³/mol. The molecular formula is C106H179N19O4S2. The van der Waals surface area contributed by atoms with Crippen molar-refractivity contribution >= 4 is 48.2 Å². The summed E-state index contributed by atoms with van der Waals surface area (Å²) in [7, 11) is -1.48. The van der Waals surface area contributed by atoms with Gasteiger partial charge in [-0.25, -0.2) is 82.9 Å². The van der Waals surface area contributed by atoms with Crippen LogP contribution in [0.3, 0.4) is 0 Å². The molecule has 8 aromatic rings. The Labute approximate surface area is 797 Å². The number of sulfonamides is 1. The van der Waals surface area contributed by atoms with Crippen molar-refractivity contribution in [3.63, 3.8) is 0 Å². The third-order valence-corrected chi connectivity index (χ3v) is 22.9. The first-order valence-electron chi connectivity index (χ1n) is 46.1. The molecule has 1 saturated heterocycles. The van der Waals surface area contributed by atoms with Crippen LogP contribution in [0.1, 0.15) is 459 Å². The van der Waals surface area contributed by atoms with E-state index in [0.717, 1.165) is 117 Å². The van der Waals surface area contributed by atoms with Crippen LogP contribution in [-0.4, -0.2) is 144 Å². The van der Waals surface area contributed by atoms with Crippen LogP contribution in [0.25, 0.3) is 10.9 Å². The van der Waals surface area contributed by atoms with E-state index < -0.39 is 19.7 Å². The Morgan fingerprint density at radius 3 is 1.24 bits per heavy atom. The van der Waals surface area contributed by atoms with E-state index in [2.05, 4.69) is 338 Å². The topological polar surface area (TPSA) is 303 Å². The summed E-state index contributed by atoms with van der Waals surface area (Å²) in [4.78, 5) is 79.8. The zero-order valence-corrected chi connectivity index (χ0v) is 89.4. The van der Waals surface area contributed by atoms with Gasteiger partial charge >= 0.3 is 0 Å². The molecule has 1 aromatic carbocycles. The van der Waals surface area contributed by atoms with Crippen LogP contribution in [-0.2, 0) is 90.1 Å². The van der Waals surface area contributed by atoms with Crippen LogP contribution < -0.4 is 9.44 Å². The highest BCUT2D eigenvalue weighted by molar-refractivity contribution is 7.97. The molecule has 2 fully saturated rings. The Hall–Kier alpha value is -8.15. The maximum Gasteiger partial charge on any atom is 0.237 e. The van der Waals surface area contributed by atoms with Gasteiger partial charge in [0.05, 0.1) is 71.3 Å². The lowest BCUT2D eigenvalue weighted by Gasteiger charge is -2.26. The quantitative estimate of drug-likeness (QED) is 0.0595. The number of anilines is 1. The van der Waals surface area contributed by atoms with Crippen LogP contribution in [0.15, 0.2) is 18.2 Å². The van der Waals surface area contributed by atoms with E-state index in [0.29, 0.717) is 47.8 Å². The summed E-state index contributed by atoms with van der Waals surface area (Å²) in [6.45, 7) is 89.2. The fourth-order valence-corrected chi connectivity index (χ4v) is 16.7. The van der Waals surface area contributed by atoms with Crippen molar-refractivity contribution in [1.82, 2.24) is 84.3 Å². The van der Waals surface area contributed by atoms with Gasteiger partial charge < -0.3 is 4.90 Å². The number of likely N-dealkylation sites (tertiary alicyclic amines) is 1. The van der Waals surface area contributed by atoms with Gasteiger partial charge in [0.1, 0.15) is 29.4 Å². The fourth-order valence-electron chi connectivity index (χ4n) is 15.8. The SMILES string of the molecule is C.C.C.C=S(C)(=O)NCc1nc(C)c(C(C)C)c(C(C)(C)C)n1.CC(=O)c1nc(C)c(C(C)C)c(C(C)(C)C)n1.CCc1ccc2c(C(C)(C)C)nc(C)nc2c1.Cc1nc(C#N)nc(C(C)(C)C)c1C(C)C.Cc1nc(CN(C)C)nc(C(C)(C)C)c1CC1CC1.Cc1nc(CN2CCCC2)nc(C(C)(C)C)c1C(C)C.Cc1nc(NS(C)(=O)=O)nc(C(C)(C)C)c1C(C)C. The van der Waals surface area contributed by atoms with Crippen molar-refractivity contribution in [3.05, 3.63) is 166 Å². The number of nitrogens with zero attached hydrogens (tertiary/aromatic N) is 17. The Balaban J connectivity index is 0.000000762. The molecule has 2 aliphatic rings. The van der Waals surface area contributed by atoms with Crippen molar-refractivity contribution in [2.24, 2.45) is 5.92 Å². The van der Waals surface area contributed by atoms with E-state index in [1.54, 1.807) is 6.26 Å². The van der Waals surface area contributed by atoms with Gasteiger partial charge in [-0.2, -0.15) is 5.26 Å².